The van der Waals surface area contributed by atoms with Crippen LogP contribution in [-0.4, -0.2) is 46.0 Å². The van der Waals surface area contributed by atoms with Gasteiger partial charge in [-0.3, -0.25) is 10.1 Å². The lowest BCUT2D eigenvalue weighted by atomic mass is 10.1. The van der Waals surface area contributed by atoms with Gasteiger partial charge in [-0.2, -0.15) is 15.0 Å². The zero-order valence-electron chi connectivity index (χ0n) is 17.5. The Morgan fingerprint density at radius 3 is 2.42 bits per heavy atom. The molecule has 0 amide bonds. The number of nitrogens with two attached hydrogens (primary N) is 1. The van der Waals surface area contributed by atoms with E-state index < -0.39 is 29.2 Å². The molecule has 3 aromatic rings. The monoisotopic (exact) mass is 454 g/mol. The number of esters is 2. The summed E-state index contributed by atoms with van der Waals surface area (Å²) in [5.41, 5.74) is 5.42. The number of nitro groups is 1. The highest BCUT2D eigenvalue weighted by Gasteiger charge is 2.20. The van der Waals surface area contributed by atoms with E-state index in [4.69, 9.17) is 15.2 Å². The van der Waals surface area contributed by atoms with Gasteiger partial charge in [-0.15, -0.1) is 0 Å². The Hall–Kier alpha value is -4.81. The number of nitrogens with zero attached hydrogens (tertiary/aromatic N) is 4. The quantitative estimate of drug-likeness (QED) is 0.288. The standard InChI is InChI=1S/C20H18N6O7/c1-31-15-6-4-3-5-14(15)22-20-24-16(23-19(21)25-20)10-33-18(28)12-7-11(17(27)32-2)8-13(9-12)26(29)30/h3-9H,10H2,1-2H3,(H3,21,22,23,24,25). The van der Waals surface area contributed by atoms with Crippen molar-refractivity contribution >= 4 is 35.2 Å². The molecule has 170 valence electrons. The van der Waals surface area contributed by atoms with Crippen molar-refractivity contribution in [1.82, 2.24) is 15.0 Å². The number of benzene rings is 2. The highest BCUT2D eigenvalue weighted by molar-refractivity contribution is 5.96. The van der Waals surface area contributed by atoms with Crippen LogP contribution in [0.5, 0.6) is 5.75 Å². The third-order valence-corrected chi connectivity index (χ3v) is 4.17. The zero-order valence-corrected chi connectivity index (χ0v) is 17.5. The molecule has 0 atom stereocenters. The van der Waals surface area contributed by atoms with Gasteiger partial charge in [-0.25, -0.2) is 9.59 Å². The fourth-order valence-corrected chi connectivity index (χ4v) is 2.71. The summed E-state index contributed by atoms with van der Waals surface area (Å²) >= 11 is 0. The van der Waals surface area contributed by atoms with Crippen molar-refractivity contribution < 1.29 is 28.7 Å². The summed E-state index contributed by atoms with van der Waals surface area (Å²) in [5, 5.41) is 14.1. The van der Waals surface area contributed by atoms with Crippen LogP contribution < -0.4 is 15.8 Å². The minimum Gasteiger partial charge on any atom is -0.495 e. The topological polar surface area (TPSA) is 182 Å². The fraction of sp³-hybridized carbons (Fsp3) is 0.150. The van der Waals surface area contributed by atoms with E-state index in [2.05, 4.69) is 25.0 Å². The molecule has 3 rings (SSSR count). The number of carbonyl (C=O) groups is 2. The molecule has 0 radical (unpaired) electrons. The summed E-state index contributed by atoms with van der Waals surface area (Å²) < 4.78 is 15.0. The average Bonchev–Trinajstić information content (AvgIpc) is 2.81. The highest BCUT2D eigenvalue weighted by atomic mass is 16.6. The van der Waals surface area contributed by atoms with Gasteiger partial charge in [-0.1, -0.05) is 12.1 Å². The Balaban J connectivity index is 1.78. The summed E-state index contributed by atoms with van der Waals surface area (Å²) in [6.45, 7) is -0.414. The number of nitrogen functional groups attached to an aromatic ring is 1. The molecule has 3 N–H and O–H groups in total. The number of nitro benzene ring substituents is 1. The number of non-ortho nitro benzene ring substituents is 1. The second-order valence-corrected chi connectivity index (χ2v) is 6.35. The molecule has 2 aromatic carbocycles. The molecule has 0 bridgehead atoms. The molecule has 33 heavy (non-hydrogen) atoms. The number of aromatic nitrogens is 3. The predicted molar refractivity (Wildman–Crippen MR) is 114 cm³/mol. The van der Waals surface area contributed by atoms with E-state index in [1.807, 2.05) is 0 Å². The number of nitrogens with one attached hydrogen (secondary N) is 1. The van der Waals surface area contributed by atoms with Crippen molar-refractivity contribution in [3.8, 4) is 5.75 Å². The van der Waals surface area contributed by atoms with Crippen LogP contribution >= 0.6 is 0 Å². The Morgan fingerprint density at radius 2 is 1.76 bits per heavy atom. The fourth-order valence-electron chi connectivity index (χ4n) is 2.71. The van der Waals surface area contributed by atoms with Crippen molar-refractivity contribution in [3.63, 3.8) is 0 Å². The normalized spacial score (nSPS) is 10.2. The molecule has 0 aliphatic carbocycles. The van der Waals surface area contributed by atoms with E-state index >= 15 is 0 Å². The highest BCUT2D eigenvalue weighted by Crippen LogP contribution is 2.25. The van der Waals surface area contributed by atoms with Crippen LogP contribution in [0.4, 0.5) is 23.3 Å². The molecule has 1 heterocycles. The van der Waals surface area contributed by atoms with Crippen molar-refractivity contribution in [2.75, 3.05) is 25.3 Å². The number of methoxy groups -OCH3 is 2. The first-order chi connectivity index (χ1) is 15.8. The minimum atomic E-state index is -0.943. The Kier molecular flexibility index (Phi) is 6.93. The van der Waals surface area contributed by atoms with Crippen LogP contribution in [-0.2, 0) is 16.1 Å². The van der Waals surface area contributed by atoms with Gasteiger partial charge in [0.1, 0.15) is 5.75 Å². The maximum absolute atomic E-state index is 12.5. The van der Waals surface area contributed by atoms with Gasteiger partial charge in [0.15, 0.2) is 12.4 Å². The maximum atomic E-state index is 12.5. The van der Waals surface area contributed by atoms with Crippen LogP contribution in [0.2, 0.25) is 0 Å². The second kappa shape index (κ2) is 10.00. The summed E-state index contributed by atoms with van der Waals surface area (Å²) in [5.74, 6) is -1.27. The number of ether oxygens (including phenoxy) is 3. The van der Waals surface area contributed by atoms with Crippen molar-refractivity contribution in [3.05, 3.63) is 69.5 Å². The van der Waals surface area contributed by atoms with E-state index in [0.29, 0.717) is 11.4 Å². The molecule has 0 aliphatic rings. The lowest BCUT2D eigenvalue weighted by Crippen LogP contribution is -2.12. The lowest BCUT2D eigenvalue weighted by molar-refractivity contribution is -0.384. The Bertz CT molecular complexity index is 1220. The number of anilines is 3. The van der Waals surface area contributed by atoms with E-state index in [0.717, 1.165) is 25.3 Å². The number of para-hydroxylation sites is 2. The molecular formula is C20H18N6O7. The van der Waals surface area contributed by atoms with Crippen LogP contribution in [0.1, 0.15) is 26.5 Å². The SMILES string of the molecule is COC(=O)c1cc(C(=O)OCc2nc(N)nc(Nc3ccccc3OC)n2)cc([N+](=O)[O-])c1. The van der Waals surface area contributed by atoms with Crippen LogP contribution in [0.15, 0.2) is 42.5 Å². The molecular weight excluding hydrogens is 436 g/mol. The predicted octanol–water partition coefficient (Wildman–Crippen LogP) is 2.26. The van der Waals surface area contributed by atoms with E-state index in [1.165, 1.54) is 7.11 Å². The van der Waals surface area contributed by atoms with E-state index in [9.17, 15) is 19.7 Å². The maximum Gasteiger partial charge on any atom is 0.338 e. The van der Waals surface area contributed by atoms with E-state index in [1.54, 1.807) is 24.3 Å². The minimum absolute atomic E-state index is 0.0203. The molecule has 0 aliphatic heterocycles. The first-order valence-corrected chi connectivity index (χ1v) is 9.26. The summed E-state index contributed by atoms with van der Waals surface area (Å²) in [6.07, 6.45) is 0. The zero-order chi connectivity index (χ0) is 24.0. The van der Waals surface area contributed by atoms with Gasteiger partial charge in [0.2, 0.25) is 11.9 Å². The molecule has 1 aromatic heterocycles. The molecule has 0 fully saturated rings. The first kappa shape index (κ1) is 22.9. The molecule has 13 nitrogen and oxygen atoms in total. The summed E-state index contributed by atoms with van der Waals surface area (Å²) in [4.78, 5) is 46.7. The summed E-state index contributed by atoms with van der Waals surface area (Å²) in [6, 6.07) is 10.1. The van der Waals surface area contributed by atoms with Gasteiger partial charge >= 0.3 is 11.9 Å². The molecule has 13 heteroatoms. The average molecular weight is 454 g/mol. The molecule has 0 saturated carbocycles. The third kappa shape index (κ3) is 5.66. The number of carbonyl (C=O) groups excluding carboxylic acids is 2. The first-order valence-electron chi connectivity index (χ1n) is 9.26. The molecule has 0 saturated heterocycles. The largest absolute Gasteiger partial charge is 0.495 e. The summed E-state index contributed by atoms with van der Waals surface area (Å²) in [7, 11) is 2.62. The number of hydrogen-bond donors (Lipinski definition) is 2. The van der Waals surface area contributed by atoms with Gasteiger partial charge < -0.3 is 25.3 Å². The van der Waals surface area contributed by atoms with Gasteiger partial charge in [0, 0.05) is 12.1 Å². The van der Waals surface area contributed by atoms with Crippen molar-refractivity contribution in [1.29, 1.82) is 0 Å². The lowest BCUT2D eigenvalue weighted by Gasteiger charge is -2.11. The van der Waals surface area contributed by atoms with Gasteiger partial charge in [-0.05, 0) is 18.2 Å². The molecule has 0 unspecified atom stereocenters. The van der Waals surface area contributed by atoms with Gasteiger partial charge in [0.05, 0.1) is 36.0 Å². The third-order valence-electron chi connectivity index (χ3n) is 4.17. The second-order valence-electron chi connectivity index (χ2n) is 6.35. The number of hydrogen-bond acceptors (Lipinski definition) is 12. The molecule has 0 spiro atoms. The van der Waals surface area contributed by atoms with Gasteiger partial charge in [0.25, 0.3) is 5.69 Å². The van der Waals surface area contributed by atoms with Crippen molar-refractivity contribution in [2.24, 2.45) is 0 Å². The van der Waals surface area contributed by atoms with Crippen LogP contribution in [0.3, 0.4) is 0 Å². The van der Waals surface area contributed by atoms with Crippen LogP contribution in [0, 0.1) is 10.1 Å². The van der Waals surface area contributed by atoms with Crippen molar-refractivity contribution in [2.45, 2.75) is 6.61 Å². The van der Waals surface area contributed by atoms with Crippen LogP contribution in [0.25, 0.3) is 0 Å². The Labute approximate surface area is 186 Å². The smallest absolute Gasteiger partial charge is 0.338 e. The van der Waals surface area contributed by atoms with E-state index in [-0.39, 0.29) is 28.8 Å². The number of rotatable bonds is 8. The Morgan fingerprint density at radius 1 is 1.06 bits per heavy atom.